The van der Waals surface area contributed by atoms with E-state index in [0.29, 0.717) is 61.6 Å². The van der Waals surface area contributed by atoms with Crippen LogP contribution >= 0.6 is 0 Å². The molecule has 0 aliphatic carbocycles. The predicted molar refractivity (Wildman–Crippen MR) is 164 cm³/mol. The van der Waals surface area contributed by atoms with Gasteiger partial charge in [-0.05, 0) is 38.6 Å². The molecule has 18 heteroatoms. The summed E-state index contributed by atoms with van der Waals surface area (Å²) in [5, 5.41) is 38.3. The van der Waals surface area contributed by atoms with Gasteiger partial charge in [-0.15, -0.1) is 0 Å². The average Bonchev–Trinajstić information content (AvgIpc) is 3.28. The summed E-state index contributed by atoms with van der Waals surface area (Å²) < 4.78 is 35.4. The van der Waals surface area contributed by atoms with Crippen molar-refractivity contribution in [3.05, 3.63) is 34.2 Å². The quantitative estimate of drug-likeness (QED) is 0.125. The van der Waals surface area contributed by atoms with Crippen molar-refractivity contribution >= 4 is 33.0 Å². The first kappa shape index (κ1) is 36.5. The van der Waals surface area contributed by atoms with Crippen molar-refractivity contribution in [1.29, 1.82) is 0 Å². The zero-order valence-electron chi connectivity index (χ0n) is 26.1. The van der Waals surface area contributed by atoms with Crippen LogP contribution in [0.3, 0.4) is 0 Å². The Balaban J connectivity index is 0.000000376. The number of carboxylic acid groups (broad SMARTS) is 2. The lowest BCUT2D eigenvalue weighted by atomic mass is 9.97. The topological polar surface area (TPSA) is 238 Å². The molecule has 2 aromatic heterocycles. The van der Waals surface area contributed by atoms with Gasteiger partial charge in [-0.2, -0.15) is 9.40 Å². The molecule has 3 aromatic rings. The van der Waals surface area contributed by atoms with E-state index in [1.807, 2.05) is 20.9 Å². The predicted octanol–water partition coefficient (Wildman–Crippen LogP) is 0.767. The number of rotatable bonds is 13. The van der Waals surface area contributed by atoms with Gasteiger partial charge in [0.1, 0.15) is 29.3 Å². The second-order valence-electron chi connectivity index (χ2n) is 10.9. The van der Waals surface area contributed by atoms with Crippen LogP contribution in [-0.2, 0) is 38.0 Å². The van der Waals surface area contributed by atoms with Gasteiger partial charge in [0.25, 0.3) is 5.56 Å². The van der Waals surface area contributed by atoms with Gasteiger partial charge in [-0.25, -0.2) is 18.3 Å². The van der Waals surface area contributed by atoms with Crippen LogP contribution in [0.25, 0.3) is 22.4 Å². The molecule has 0 amide bonds. The summed E-state index contributed by atoms with van der Waals surface area (Å²) in [6.45, 7) is 5.72. The third kappa shape index (κ3) is 8.86. The monoisotopic (exact) mass is 668 g/mol. The fraction of sp³-hybridized carbons (Fsp3) is 0.536. The molecule has 0 saturated carbocycles. The number of nitrogens with zero attached hydrogens (tertiary/aromatic N) is 5. The summed E-state index contributed by atoms with van der Waals surface area (Å²) in [5.41, 5.74) is -0.331. The Morgan fingerprint density at radius 2 is 1.70 bits per heavy atom. The van der Waals surface area contributed by atoms with E-state index in [0.717, 1.165) is 12.1 Å². The molecule has 3 heterocycles. The van der Waals surface area contributed by atoms with Crippen molar-refractivity contribution in [2.45, 2.75) is 50.0 Å². The van der Waals surface area contributed by atoms with E-state index in [2.05, 4.69) is 19.9 Å². The summed E-state index contributed by atoms with van der Waals surface area (Å²) >= 11 is 0. The lowest BCUT2D eigenvalue weighted by Gasteiger charge is -2.31. The van der Waals surface area contributed by atoms with E-state index >= 15 is 0 Å². The minimum absolute atomic E-state index is 0.147. The van der Waals surface area contributed by atoms with E-state index in [1.54, 1.807) is 25.2 Å². The lowest BCUT2D eigenvalue weighted by molar-refractivity contribution is -0.273. The molecule has 4 rings (SSSR count). The van der Waals surface area contributed by atoms with Gasteiger partial charge in [-0.3, -0.25) is 24.3 Å². The highest BCUT2D eigenvalue weighted by Crippen LogP contribution is 2.32. The molecule has 46 heavy (non-hydrogen) atoms. The van der Waals surface area contributed by atoms with Crippen molar-refractivity contribution in [3.63, 3.8) is 0 Å². The number of aliphatic hydroxyl groups is 1. The Labute approximate surface area is 265 Å². The molecule has 254 valence electrons. The molecule has 0 radical (unpaired) electrons. The molecule has 0 unspecified atom stereocenters. The number of aryl methyl sites for hydroxylation is 2. The highest BCUT2D eigenvalue weighted by atomic mass is 32.2. The van der Waals surface area contributed by atoms with Gasteiger partial charge in [0.05, 0.1) is 35.6 Å². The molecule has 0 atom stereocenters. The molecule has 1 aliphatic heterocycles. The summed E-state index contributed by atoms with van der Waals surface area (Å²) in [6, 6.07) is 4.71. The zero-order valence-corrected chi connectivity index (χ0v) is 26.9. The van der Waals surface area contributed by atoms with E-state index in [1.165, 1.54) is 8.99 Å². The number of fused-ring (bicyclic) bond motifs is 1. The number of piperazine rings is 1. The van der Waals surface area contributed by atoms with Gasteiger partial charge in [-0.1, -0.05) is 13.3 Å². The second kappa shape index (κ2) is 15.6. The molecule has 1 aliphatic rings. The Kier molecular flexibility index (Phi) is 12.4. The number of nitrogens with one attached hydrogen (secondary N) is 1. The van der Waals surface area contributed by atoms with Crippen LogP contribution in [0.15, 0.2) is 27.9 Å². The van der Waals surface area contributed by atoms with E-state index < -0.39 is 47.0 Å². The highest BCUT2D eigenvalue weighted by Gasteiger charge is 2.34. The summed E-state index contributed by atoms with van der Waals surface area (Å²) in [7, 11) is -0.00831. The Morgan fingerprint density at radius 1 is 1.07 bits per heavy atom. The van der Waals surface area contributed by atoms with Gasteiger partial charge in [0.2, 0.25) is 10.0 Å². The Hall–Kier alpha value is -3.94. The number of aliphatic carboxylic acids is 2. The number of carbonyl (C=O) groups is 2. The maximum absolute atomic E-state index is 13.3. The number of aromatic nitrogens is 4. The van der Waals surface area contributed by atoms with Gasteiger partial charge in [0.15, 0.2) is 5.52 Å². The van der Waals surface area contributed by atoms with Crippen molar-refractivity contribution in [2.75, 3.05) is 46.4 Å². The van der Waals surface area contributed by atoms with Crippen LogP contribution in [0.5, 0.6) is 5.75 Å². The Morgan fingerprint density at radius 3 is 2.24 bits per heavy atom. The van der Waals surface area contributed by atoms with Crippen molar-refractivity contribution in [3.8, 4) is 17.1 Å². The number of sulfonamides is 1. The standard InChI is InChI=1S/C22H30N6O4S.C6H10O7/c1-5-7-17-19-20(27(4)25-17)22(29)24-21(23-19)16-14-15(8-9-18(16)32-6-2)33(30,31)28-12-10-26(3)11-13-28;7-4(8)1-6(11,3-13-12)2-5(9)10/h8-9,14H,5-7,10-13H2,1-4H3,(H,23,24,29);11-12H,1-3H2,(H,7,8)(H,9,10). The third-order valence-corrected chi connectivity index (χ3v) is 9.04. The number of benzene rings is 1. The van der Waals surface area contributed by atoms with E-state index in [4.69, 9.17) is 25.2 Å². The summed E-state index contributed by atoms with van der Waals surface area (Å²) in [6.07, 6.45) is -0.0675. The largest absolute Gasteiger partial charge is 0.493 e. The number of aromatic amines is 1. The molecule has 1 aromatic carbocycles. The average molecular weight is 669 g/mol. The first-order valence-corrected chi connectivity index (χ1v) is 15.9. The third-order valence-electron chi connectivity index (χ3n) is 7.15. The summed E-state index contributed by atoms with van der Waals surface area (Å²) in [5.74, 6) is -2.03. The Bertz CT molecular complexity index is 1680. The number of H-pyrrole nitrogens is 1. The molecule has 1 saturated heterocycles. The minimum atomic E-state index is -3.70. The molecule has 5 N–H and O–H groups in total. The number of likely N-dealkylation sites (N-methyl/N-ethyl adjacent to an activating group) is 1. The normalized spacial score (nSPS) is 14.6. The van der Waals surface area contributed by atoms with E-state index in [-0.39, 0.29) is 16.3 Å². The zero-order chi connectivity index (χ0) is 34.2. The molecule has 1 fully saturated rings. The van der Waals surface area contributed by atoms with E-state index in [9.17, 15) is 27.9 Å². The van der Waals surface area contributed by atoms with Gasteiger partial charge >= 0.3 is 11.9 Å². The first-order valence-electron chi connectivity index (χ1n) is 14.5. The first-order chi connectivity index (χ1) is 21.6. The van der Waals surface area contributed by atoms with Crippen molar-refractivity contribution < 1.29 is 48.2 Å². The maximum Gasteiger partial charge on any atom is 0.306 e. The smallest absolute Gasteiger partial charge is 0.306 e. The molecule has 17 nitrogen and oxygen atoms in total. The number of ether oxygens (including phenoxy) is 1. The molecule has 0 spiro atoms. The number of hydrogen-bond donors (Lipinski definition) is 5. The van der Waals surface area contributed by atoms with Crippen molar-refractivity contribution in [1.82, 2.24) is 29.0 Å². The molecular weight excluding hydrogens is 628 g/mol. The second-order valence-corrected chi connectivity index (χ2v) is 12.8. The fourth-order valence-electron chi connectivity index (χ4n) is 4.94. The lowest BCUT2D eigenvalue weighted by Crippen LogP contribution is -2.47. The number of carboxylic acids is 2. The van der Waals surface area contributed by atoms with Crippen LogP contribution in [0.2, 0.25) is 0 Å². The fourth-order valence-corrected chi connectivity index (χ4v) is 6.39. The SMILES string of the molecule is CCCc1nn(C)c2c(=O)[nH]c(-c3cc(S(=O)(=O)N4CCN(C)CC4)ccc3OCC)nc12.O=C(O)CC(O)(COO)CC(=O)O. The van der Waals surface area contributed by atoms with Gasteiger partial charge < -0.3 is 29.9 Å². The van der Waals surface area contributed by atoms with Crippen LogP contribution < -0.4 is 10.3 Å². The maximum atomic E-state index is 13.3. The summed E-state index contributed by atoms with van der Waals surface area (Å²) in [4.78, 5) is 46.6. The van der Waals surface area contributed by atoms with Crippen LogP contribution in [-0.4, -0.2) is 122 Å². The minimum Gasteiger partial charge on any atom is -0.493 e. The molecular formula is C28H40N6O11S. The van der Waals surface area contributed by atoms with Crippen LogP contribution in [0, 0.1) is 0 Å². The highest BCUT2D eigenvalue weighted by molar-refractivity contribution is 7.89. The molecule has 0 bridgehead atoms. The van der Waals surface area contributed by atoms with Crippen LogP contribution in [0.4, 0.5) is 0 Å². The van der Waals surface area contributed by atoms with Gasteiger partial charge in [0, 0.05) is 33.2 Å². The number of hydrogen-bond acceptors (Lipinski definition) is 12. The van der Waals surface area contributed by atoms with Crippen LogP contribution in [0.1, 0.15) is 38.8 Å². The van der Waals surface area contributed by atoms with Crippen molar-refractivity contribution in [2.24, 2.45) is 7.05 Å².